The van der Waals surface area contributed by atoms with Gasteiger partial charge in [0.15, 0.2) is 0 Å². The van der Waals surface area contributed by atoms with Crippen molar-refractivity contribution in [2.75, 3.05) is 6.54 Å². The van der Waals surface area contributed by atoms with E-state index in [1.807, 2.05) is 0 Å². The summed E-state index contributed by atoms with van der Waals surface area (Å²) in [5.74, 6) is 0.820. The Balaban J connectivity index is 1.76. The molecule has 1 heterocycles. The molecule has 16 heavy (non-hydrogen) atoms. The summed E-state index contributed by atoms with van der Waals surface area (Å²) in [7, 11) is 0. The third kappa shape index (κ3) is 2.01. The Bertz CT molecular complexity index is 352. The van der Waals surface area contributed by atoms with Crippen LogP contribution in [0.15, 0.2) is 24.3 Å². The molecule has 0 radical (unpaired) electrons. The second kappa shape index (κ2) is 4.58. The van der Waals surface area contributed by atoms with Gasteiger partial charge in [-0.1, -0.05) is 24.3 Å². The van der Waals surface area contributed by atoms with Crippen LogP contribution in [-0.4, -0.2) is 12.6 Å². The third-order valence-corrected chi connectivity index (χ3v) is 4.23. The molecule has 1 saturated heterocycles. The molecule has 1 heteroatoms. The van der Waals surface area contributed by atoms with Crippen molar-refractivity contribution in [3.63, 3.8) is 0 Å². The summed E-state index contributed by atoms with van der Waals surface area (Å²) < 4.78 is 0. The van der Waals surface area contributed by atoms with E-state index >= 15 is 0 Å². The fourth-order valence-electron chi connectivity index (χ4n) is 3.40. The monoisotopic (exact) mass is 215 g/mol. The molecule has 1 fully saturated rings. The quantitative estimate of drug-likeness (QED) is 0.798. The zero-order valence-corrected chi connectivity index (χ0v) is 9.91. The second-order valence-corrected chi connectivity index (χ2v) is 5.32. The van der Waals surface area contributed by atoms with Crippen LogP contribution in [-0.2, 0) is 6.42 Å². The largest absolute Gasteiger partial charge is 0.314 e. The molecule has 1 aromatic rings. The SMILES string of the molecule is c1ccc2c(c1)CCC[C@@H]2C[C@H]1CCCN1. The summed E-state index contributed by atoms with van der Waals surface area (Å²) in [5, 5.41) is 3.63. The predicted molar refractivity (Wildman–Crippen MR) is 67.8 cm³/mol. The molecule has 0 amide bonds. The van der Waals surface area contributed by atoms with E-state index in [2.05, 4.69) is 29.6 Å². The first-order valence-corrected chi connectivity index (χ1v) is 6.74. The minimum absolute atomic E-state index is 0.788. The molecule has 3 rings (SSSR count). The van der Waals surface area contributed by atoms with Crippen LogP contribution in [0, 0.1) is 0 Å². The van der Waals surface area contributed by atoms with Gasteiger partial charge in [0.2, 0.25) is 0 Å². The van der Waals surface area contributed by atoms with Crippen molar-refractivity contribution in [2.45, 2.75) is 50.5 Å². The van der Waals surface area contributed by atoms with Crippen LogP contribution in [0.25, 0.3) is 0 Å². The van der Waals surface area contributed by atoms with Gasteiger partial charge in [-0.15, -0.1) is 0 Å². The molecular formula is C15H21N. The molecule has 86 valence electrons. The maximum absolute atomic E-state index is 3.63. The van der Waals surface area contributed by atoms with Crippen molar-refractivity contribution in [3.8, 4) is 0 Å². The summed E-state index contributed by atoms with van der Waals surface area (Å²) in [5.41, 5.74) is 3.25. The molecule has 0 aromatic heterocycles. The van der Waals surface area contributed by atoms with Gasteiger partial charge in [0, 0.05) is 6.04 Å². The molecule has 2 atom stereocenters. The minimum Gasteiger partial charge on any atom is -0.314 e. The van der Waals surface area contributed by atoms with Crippen LogP contribution >= 0.6 is 0 Å². The third-order valence-electron chi connectivity index (χ3n) is 4.23. The molecule has 0 saturated carbocycles. The molecule has 0 unspecified atom stereocenters. The van der Waals surface area contributed by atoms with Crippen LogP contribution in [0.5, 0.6) is 0 Å². The average Bonchev–Trinajstić information content (AvgIpc) is 2.82. The van der Waals surface area contributed by atoms with E-state index in [0.717, 1.165) is 12.0 Å². The molecule has 1 nitrogen and oxygen atoms in total. The number of benzene rings is 1. The average molecular weight is 215 g/mol. The first-order chi connectivity index (χ1) is 7.93. The van der Waals surface area contributed by atoms with Gasteiger partial charge in [-0.25, -0.2) is 0 Å². The summed E-state index contributed by atoms with van der Waals surface area (Å²) in [6.45, 7) is 1.24. The van der Waals surface area contributed by atoms with E-state index in [4.69, 9.17) is 0 Å². The first-order valence-electron chi connectivity index (χ1n) is 6.74. The van der Waals surface area contributed by atoms with Crippen molar-refractivity contribution in [1.82, 2.24) is 5.32 Å². The van der Waals surface area contributed by atoms with Gasteiger partial charge in [-0.05, 0) is 62.1 Å². The predicted octanol–water partition coefficient (Wildman–Crippen LogP) is 3.25. The van der Waals surface area contributed by atoms with E-state index in [0.29, 0.717) is 0 Å². The van der Waals surface area contributed by atoms with Gasteiger partial charge in [0.05, 0.1) is 0 Å². The number of hydrogen-bond acceptors (Lipinski definition) is 1. The normalized spacial score (nSPS) is 29.0. The number of rotatable bonds is 2. The fraction of sp³-hybridized carbons (Fsp3) is 0.600. The van der Waals surface area contributed by atoms with Gasteiger partial charge < -0.3 is 5.32 Å². The molecule has 2 aliphatic rings. The Morgan fingerprint density at radius 3 is 2.94 bits per heavy atom. The molecule has 1 N–H and O–H groups in total. The molecule has 0 bridgehead atoms. The fourth-order valence-corrected chi connectivity index (χ4v) is 3.40. The van der Waals surface area contributed by atoms with Crippen LogP contribution in [0.4, 0.5) is 0 Å². The smallest absolute Gasteiger partial charge is 0.00733 e. The zero-order chi connectivity index (χ0) is 10.8. The van der Waals surface area contributed by atoms with Crippen molar-refractivity contribution in [3.05, 3.63) is 35.4 Å². The van der Waals surface area contributed by atoms with E-state index in [1.54, 1.807) is 11.1 Å². The maximum atomic E-state index is 3.63. The summed E-state index contributed by atoms with van der Waals surface area (Å²) in [6.07, 6.45) is 8.20. The Morgan fingerprint density at radius 1 is 1.12 bits per heavy atom. The van der Waals surface area contributed by atoms with E-state index in [-0.39, 0.29) is 0 Å². The lowest BCUT2D eigenvalue weighted by molar-refractivity contribution is 0.445. The van der Waals surface area contributed by atoms with Crippen LogP contribution < -0.4 is 5.32 Å². The van der Waals surface area contributed by atoms with E-state index < -0.39 is 0 Å². The number of nitrogens with one attached hydrogen (secondary N) is 1. The highest BCUT2D eigenvalue weighted by Crippen LogP contribution is 2.35. The Hall–Kier alpha value is -0.820. The summed E-state index contributed by atoms with van der Waals surface area (Å²) >= 11 is 0. The Morgan fingerprint density at radius 2 is 2.06 bits per heavy atom. The summed E-state index contributed by atoms with van der Waals surface area (Å²) in [6, 6.07) is 9.86. The molecule has 1 aromatic carbocycles. The molecule has 1 aliphatic heterocycles. The van der Waals surface area contributed by atoms with Crippen LogP contribution in [0.1, 0.15) is 49.1 Å². The van der Waals surface area contributed by atoms with Gasteiger partial charge in [-0.3, -0.25) is 0 Å². The van der Waals surface area contributed by atoms with E-state index in [1.165, 1.54) is 45.1 Å². The zero-order valence-electron chi connectivity index (χ0n) is 9.91. The molecule has 1 aliphatic carbocycles. The Kier molecular flexibility index (Phi) is 2.96. The highest BCUT2D eigenvalue weighted by Gasteiger charge is 2.24. The lowest BCUT2D eigenvalue weighted by Crippen LogP contribution is -2.25. The minimum atomic E-state index is 0.788. The first kappa shape index (κ1) is 10.3. The standard InChI is InChI=1S/C15H21N/c1-2-9-15-12(5-1)6-3-7-13(15)11-14-8-4-10-16-14/h1-2,5,9,13-14,16H,3-4,6-8,10-11H2/t13-,14-/m1/s1. The Labute approximate surface area is 98.3 Å². The van der Waals surface area contributed by atoms with Crippen molar-refractivity contribution >= 4 is 0 Å². The lowest BCUT2D eigenvalue weighted by Gasteiger charge is -2.27. The van der Waals surface area contributed by atoms with Crippen LogP contribution in [0.2, 0.25) is 0 Å². The van der Waals surface area contributed by atoms with Gasteiger partial charge in [0.1, 0.15) is 0 Å². The van der Waals surface area contributed by atoms with E-state index in [9.17, 15) is 0 Å². The topological polar surface area (TPSA) is 12.0 Å². The maximum Gasteiger partial charge on any atom is 0.00733 e. The number of aryl methyl sites for hydroxylation is 1. The molecule has 0 spiro atoms. The highest BCUT2D eigenvalue weighted by molar-refractivity contribution is 5.32. The number of fused-ring (bicyclic) bond motifs is 1. The number of hydrogen-bond donors (Lipinski definition) is 1. The highest BCUT2D eigenvalue weighted by atomic mass is 14.9. The second-order valence-electron chi connectivity index (χ2n) is 5.32. The van der Waals surface area contributed by atoms with Crippen molar-refractivity contribution in [2.24, 2.45) is 0 Å². The van der Waals surface area contributed by atoms with Gasteiger partial charge >= 0.3 is 0 Å². The van der Waals surface area contributed by atoms with Gasteiger partial charge in [-0.2, -0.15) is 0 Å². The van der Waals surface area contributed by atoms with Crippen molar-refractivity contribution < 1.29 is 0 Å². The summed E-state index contributed by atoms with van der Waals surface area (Å²) in [4.78, 5) is 0. The van der Waals surface area contributed by atoms with Crippen LogP contribution in [0.3, 0.4) is 0 Å². The van der Waals surface area contributed by atoms with Crippen molar-refractivity contribution in [1.29, 1.82) is 0 Å². The molecular weight excluding hydrogens is 194 g/mol. The lowest BCUT2D eigenvalue weighted by atomic mass is 9.79. The van der Waals surface area contributed by atoms with Gasteiger partial charge in [0.25, 0.3) is 0 Å².